The number of benzene rings is 1. The van der Waals surface area contributed by atoms with Crippen LogP contribution in [0.1, 0.15) is 17.0 Å². The van der Waals surface area contributed by atoms with Crippen LogP contribution in [0.15, 0.2) is 33.9 Å². The second-order valence-electron chi connectivity index (χ2n) is 6.67. The van der Waals surface area contributed by atoms with Crippen molar-refractivity contribution in [2.24, 2.45) is 0 Å². The molecular weight excluding hydrogens is 350 g/mol. The molecule has 0 fully saturated rings. The largest absolute Gasteiger partial charge is 0.454 e. The van der Waals surface area contributed by atoms with Crippen molar-refractivity contribution in [2.75, 3.05) is 13.3 Å². The van der Waals surface area contributed by atoms with Crippen LogP contribution in [-0.2, 0) is 19.5 Å². The van der Waals surface area contributed by atoms with Gasteiger partial charge in [-0.05, 0) is 18.2 Å². The summed E-state index contributed by atoms with van der Waals surface area (Å²) < 4.78 is 10.8. The van der Waals surface area contributed by atoms with E-state index in [2.05, 4.69) is 25.1 Å². The van der Waals surface area contributed by atoms with Crippen molar-refractivity contribution in [3.63, 3.8) is 0 Å². The van der Waals surface area contributed by atoms with Gasteiger partial charge in [0.25, 0.3) is 5.56 Å². The van der Waals surface area contributed by atoms with Crippen molar-refractivity contribution in [1.82, 2.24) is 25.1 Å². The van der Waals surface area contributed by atoms with Crippen molar-refractivity contribution in [2.45, 2.75) is 19.5 Å². The quantitative estimate of drug-likeness (QED) is 0.629. The smallest absolute Gasteiger partial charge is 0.325 e. The minimum atomic E-state index is -0.487. The van der Waals surface area contributed by atoms with E-state index >= 15 is 0 Å². The third-order valence-electron chi connectivity index (χ3n) is 4.87. The highest BCUT2D eigenvalue weighted by Gasteiger charge is 2.24. The van der Waals surface area contributed by atoms with Crippen LogP contribution in [0.4, 0.5) is 0 Å². The number of hydrogen-bond acceptors (Lipinski definition) is 6. The number of ether oxygens (including phenoxy) is 2. The molecule has 3 N–H and O–H groups in total. The van der Waals surface area contributed by atoms with E-state index in [1.165, 1.54) is 6.07 Å². The van der Waals surface area contributed by atoms with Gasteiger partial charge in [0.05, 0.1) is 5.69 Å². The number of rotatable bonds is 3. The van der Waals surface area contributed by atoms with Crippen LogP contribution in [0.25, 0.3) is 11.3 Å². The zero-order chi connectivity index (χ0) is 18.4. The topological polar surface area (TPSA) is 116 Å². The van der Waals surface area contributed by atoms with E-state index in [9.17, 15) is 9.59 Å². The molecule has 2 aromatic heterocycles. The summed E-state index contributed by atoms with van der Waals surface area (Å²) in [6.45, 7) is 2.21. The lowest BCUT2D eigenvalue weighted by atomic mass is 10.0. The van der Waals surface area contributed by atoms with Gasteiger partial charge in [-0.25, -0.2) is 4.79 Å². The highest BCUT2D eigenvalue weighted by atomic mass is 16.7. The standard InChI is InChI=1S/C18H17N5O4/c24-16-6-11(19-18(25)20-16)7-23-4-3-13-12(8-23)17(22-21-13)10-1-2-14-15(5-10)27-9-26-14/h1-2,5-6H,3-4,7-9H2,(H,21,22)(H2,19,20,24,25). The van der Waals surface area contributed by atoms with E-state index in [4.69, 9.17) is 9.47 Å². The fraction of sp³-hybridized carbons (Fsp3) is 0.278. The van der Waals surface area contributed by atoms with E-state index in [0.29, 0.717) is 18.8 Å². The normalized spacial score (nSPS) is 15.7. The molecule has 5 rings (SSSR count). The fourth-order valence-electron chi connectivity index (χ4n) is 3.61. The SMILES string of the molecule is O=c1cc(CN2CCc3[nH]nc(-c4ccc5c(c4)OCO5)c3C2)[nH]c(=O)[nH]1. The van der Waals surface area contributed by atoms with Crippen molar-refractivity contribution < 1.29 is 9.47 Å². The molecule has 9 nitrogen and oxygen atoms in total. The molecule has 138 valence electrons. The molecule has 0 amide bonds. The van der Waals surface area contributed by atoms with Crippen LogP contribution in [0.3, 0.4) is 0 Å². The second-order valence-corrected chi connectivity index (χ2v) is 6.67. The lowest BCUT2D eigenvalue weighted by Gasteiger charge is -2.26. The van der Waals surface area contributed by atoms with Gasteiger partial charge in [0.1, 0.15) is 0 Å². The molecule has 0 radical (unpaired) electrons. The number of aromatic amines is 3. The van der Waals surface area contributed by atoms with E-state index in [1.54, 1.807) is 0 Å². The number of nitrogens with one attached hydrogen (secondary N) is 3. The van der Waals surface area contributed by atoms with Crippen molar-refractivity contribution >= 4 is 0 Å². The maximum atomic E-state index is 11.5. The number of aromatic nitrogens is 4. The molecular formula is C18H17N5O4. The zero-order valence-corrected chi connectivity index (χ0v) is 14.4. The highest BCUT2D eigenvalue weighted by Crippen LogP contribution is 2.37. The Labute approximate surface area is 153 Å². The van der Waals surface area contributed by atoms with Crippen LogP contribution in [0, 0.1) is 0 Å². The van der Waals surface area contributed by atoms with Gasteiger partial charge >= 0.3 is 5.69 Å². The Morgan fingerprint density at radius 3 is 2.89 bits per heavy atom. The Morgan fingerprint density at radius 1 is 1.11 bits per heavy atom. The van der Waals surface area contributed by atoms with Gasteiger partial charge in [0.2, 0.25) is 6.79 Å². The monoisotopic (exact) mass is 367 g/mol. The van der Waals surface area contributed by atoms with Gasteiger partial charge < -0.3 is 14.5 Å². The summed E-state index contributed by atoms with van der Waals surface area (Å²) in [7, 11) is 0. The summed E-state index contributed by atoms with van der Waals surface area (Å²) in [4.78, 5) is 30.0. The molecule has 27 heavy (non-hydrogen) atoms. The predicted octanol–water partition coefficient (Wildman–Crippen LogP) is 0.740. The molecule has 2 aliphatic heterocycles. The second kappa shape index (κ2) is 6.13. The maximum absolute atomic E-state index is 11.5. The van der Waals surface area contributed by atoms with Crippen LogP contribution < -0.4 is 20.7 Å². The number of H-pyrrole nitrogens is 3. The summed E-state index contributed by atoms with van der Waals surface area (Å²) >= 11 is 0. The van der Waals surface area contributed by atoms with Gasteiger partial charge in [-0.3, -0.25) is 19.8 Å². The van der Waals surface area contributed by atoms with Crippen LogP contribution in [0.2, 0.25) is 0 Å². The summed E-state index contributed by atoms with van der Waals surface area (Å²) in [5.74, 6) is 1.46. The molecule has 0 saturated heterocycles. The predicted molar refractivity (Wildman–Crippen MR) is 95.6 cm³/mol. The van der Waals surface area contributed by atoms with Crippen LogP contribution in [-0.4, -0.2) is 38.4 Å². The summed E-state index contributed by atoms with van der Waals surface area (Å²) in [6, 6.07) is 7.22. The molecule has 0 atom stereocenters. The lowest BCUT2D eigenvalue weighted by Crippen LogP contribution is -2.32. The average Bonchev–Trinajstić information content (AvgIpc) is 3.26. The first kappa shape index (κ1) is 15.9. The Balaban J connectivity index is 1.43. The Bertz CT molecular complexity index is 1100. The first-order valence-corrected chi connectivity index (χ1v) is 8.67. The molecule has 4 heterocycles. The molecule has 9 heteroatoms. The average molecular weight is 367 g/mol. The van der Waals surface area contributed by atoms with Crippen molar-refractivity contribution in [3.8, 4) is 22.8 Å². The van der Waals surface area contributed by atoms with E-state index in [-0.39, 0.29) is 6.79 Å². The minimum Gasteiger partial charge on any atom is -0.454 e. The molecule has 0 aliphatic carbocycles. The molecule has 3 aromatic rings. The third-order valence-corrected chi connectivity index (χ3v) is 4.87. The summed E-state index contributed by atoms with van der Waals surface area (Å²) in [5.41, 5.74) is 3.79. The Morgan fingerprint density at radius 2 is 2.00 bits per heavy atom. The maximum Gasteiger partial charge on any atom is 0.325 e. The molecule has 0 spiro atoms. The molecule has 0 saturated carbocycles. The number of fused-ring (bicyclic) bond motifs is 2. The summed E-state index contributed by atoms with van der Waals surface area (Å²) in [6.07, 6.45) is 0.820. The van der Waals surface area contributed by atoms with Crippen LogP contribution >= 0.6 is 0 Å². The van der Waals surface area contributed by atoms with Gasteiger partial charge in [0.15, 0.2) is 11.5 Å². The van der Waals surface area contributed by atoms with Gasteiger partial charge in [0, 0.05) is 54.6 Å². The highest BCUT2D eigenvalue weighted by molar-refractivity contribution is 5.68. The number of nitrogens with zero attached hydrogens (tertiary/aromatic N) is 2. The Kier molecular flexibility index (Phi) is 3.61. The lowest BCUT2D eigenvalue weighted by molar-refractivity contribution is 0.174. The Hall–Kier alpha value is -3.33. The molecule has 0 bridgehead atoms. The van der Waals surface area contributed by atoms with E-state index in [0.717, 1.165) is 47.0 Å². The van der Waals surface area contributed by atoms with Crippen molar-refractivity contribution in [3.05, 3.63) is 62.1 Å². The third kappa shape index (κ3) is 2.91. The minimum absolute atomic E-state index is 0.236. The fourth-order valence-corrected chi connectivity index (χ4v) is 3.61. The molecule has 1 aromatic carbocycles. The van der Waals surface area contributed by atoms with E-state index in [1.807, 2.05) is 18.2 Å². The molecule has 2 aliphatic rings. The van der Waals surface area contributed by atoms with Gasteiger partial charge in [-0.2, -0.15) is 5.10 Å². The zero-order valence-electron chi connectivity index (χ0n) is 14.4. The summed E-state index contributed by atoms with van der Waals surface area (Å²) in [5, 5.41) is 7.64. The molecule has 0 unspecified atom stereocenters. The first-order chi connectivity index (χ1) is 13.2. The van der Waals surface area contributed by atoms with Gasteiger partial charge in [-0.15, -0.1) is 0 Å². The van der Waals surface area contributed by atoms with Crippen molar-refractivity contribution in [1.29, 1.82) is 0 Å². The number of hydrogen-bond donors (Lipinski definition) is 3. The van der Waals surface area contributed by atoms with Gasteiger partial charge in [-0.1, -0.05) is 0 Å². The van der Waals surface area contributed by atoms with E-state index < -0.39 is 11.2 Å². The van der Waals surface area contributed by atoms with Crippen LogP contribution in [0.5, 0.6) is 11.5 Å². The first-order valence-electron chi connectivity index (χ1n) is 8.67.